The minimum absolute atomic E-state index is 0.00619. The third-order valence-electron chi connectivity index (χ3n) is 5.21. The lowest BCUT2D eigenvalue weighted by Gasteiger charge is -2.30. The molecule has 13 nitrogen and oxygen atoms in total. The Labute approximate surface area is 191 Å². The minimum Gasteiger partial charge on any atom is -0.480 e. The van der Waals surface area contributed by atoms with E-state index < -0.39 is 59.7 Å². The molecular weight excluding hydrogens is 436 g/mol. The summed E-state index contributed by atoms with van der Waals surface area (Å²) < 4.78 is 0. The van der Waals surface area contributed by atoms with Crippen LogP contribution in [0.4, 0.5) is 0 Å². The summed E-state index contributed by atoms with van der Waals surface area (Å²) in [6.45, 7) is 3.94. The van der Waals surface area contributed by atoms with Gasteiger partial charge >= 0.3 is 5.97 Å². The van der Waals surface area contributed by atoms with Gasteiger partial charge in [-0.25, -0.2) is 4.79 Å². The lowest BCUT2D eigenvalue weighted by atomic mass is 10.0. The topological polar surface area (TPSA) is 228 Å². The van der Waals surface area contributed by atoms with Crippen LogP contribution in [-0.2, 0) is 28.8 Å². The number of amides is 5. The van der Waals surface area contributed by atoms with Gasteiger partial charge in [0.1, 0.15) is 18.1 Å². The number of carbonyl (C=O) groups is 6. The molecule has 0 aromatic rings. The number of primary amides is 2. The maximum atomic E-state index is 13.2. The third-order valence-corrected chi connectivity index (χ3v) is 5.21. The largest absolute Gasteiger partial charge is 0.480 e. The molecule has 1 aliphatic heterocycles. The predicted octanol–water partition coefficient (Wildman–Crippen LogP) is -2.45. The molecule has 1 rings (SSSR count). The number of hydrogen-bond donors (Lipinski definition) is 6. The second-order valence-electron chi connectivity index (χ2n) is 8.56. The number of carbonyl (C=O) groups excluding carboxylic acids is 5. The number of rotatable bonds is 13. The number of nitrogens with two attached hydrogens (primary N) is 3. The van der Waals surface area contributed by atoms with Gasteiger partial charge in [-0.05, 0) is 31.6 Å². The second-order valence-corrected chi connectivity index (χ2v) is 8.56. The van der Waals surface area contributed by atoms with E-state index in [1.165, 1.54) is 4.90 Å². The molecule has 4 unspecified atom stereocenters. The average molecular weight is 471 g/mol. The van der Waals surface area contributed by atoms with Crippen LogP contribution < -0.4 is 27.8 Å². The fraction of sp³-hybridized carbons (Fsp3) is 0.700. The van der Waals surface area contributed by atoms with E-state index in [0.717, 1.165) is 0 Å². The van der Waals surface area contributed by atoms with Gasteiger partial charge in [-0.15, -0.1) is 0 Å². The van der Waals surface area contributed by atoms with Crippen LogP contribution in [0.25, 0.3) is 0 Å². The van der Waals surface area contributed by atoms with Crippen molar-refractivity contribution in [3.63, 3.8) is 0 Å². The smallest absolute Gasteiger partial charge is 0.326 e. The Morgan fingerprint density at radius 3 is 2.18 bits per heavy atom. The highest BCUT2D eigenvalue weighted by Gasteiger charge is 2.39. The van der Waals surface area contributed by atoms with Gasteiger partial charge in [0.05, 0.1) is 12.5 Å². The van der Waals surface area contributed by atoms with Gasteiger partial charge in [0.15, 0.2) is 0 Å². The Balaban J connectivity index is 2.94. The molecule has 4 atom stereocenters. The van der Waals surface area contributed by atoms with E-state index in [0.29, 0.717) is 12.8 Å². The summed E-state index contributed by atoms with van der Waals surface area (Å²) in [5.41, 5.74) is 15.8. The normalized spacial score (nSPS) is 18.3. The zero-order valence-corrected chi connectivity index (χ0v) is 18.9. The van der Waals surface area contributed by atoms with Crippen LogP contribution in [0.1, 0.15) is 52.4 Å². The van der Waals surface area contributed by atoms with Crippen LogP contribution in [0.2, 0.25) is 0 Å². The Morgan fingerprint density at radius 1 is 1.03 bits per heavy atom. The molecule has 33 heavy (non-hydrogen) atoms. The van der Waals surface area contributed by atoms with Crippen molar-refractivity contribution in [2.75, 3.05) is 6.54 Å². The Hall–Kier alpha value is -3.22. The van der Waals surface area contributed by atoms with Crippen LogP contribution in [0.15, 0.2) is 0 Å². The molecule has 9 N–H and O–H groups in total. The van der Waals surface area contributed by atoms with Crippen molar-refractivity contribution in [2.24, 2.45) is 23.1 Å². The Bertz CT molecular complexity index is 772. The second kappa shape index (κ2) is 12.7. The lowest BCUT2D eigenvalue weighted by molar-refractivity contribution is -0.145. The van der Waals surface area contributed by atoms with Crippen molar-refractivity contribution in [1.29, 1.82) is 0 Å². The molecule has 0 saturated carbocycles. The molecule has 1 aliphatic rings. The molecule has 0 bridgehead atoms. The number of nitrogens with one attached hydrogen (secondary N) is 2. The Kier molecular flexibility index (Phi) is 10.7. The summed E-state index contributed by atoms with van der Waals surface area (Å²) in [5.74, 6) is -4.67. The van der Waals surface area contributed by atoms with Gasteiger partial charge in [0.25, 0.3) is 0 Å². The van der Waals surface area contributed by atoms with Gasteiger partial charge in [-0.3, -0.25) is 24.0 Å². The molecular formula is C20H34N6O7. The van der Waals surface area contributed by atoms with E-state index in [2.05, 4.69) is 10.6 Å². The van der Waals surface area contributed by atoms with Gasteiger partial charge in [0, 0.05) is 13.0 Å². The van der Waals surface area contributed by atoms with Crippen molar-refractivity contribution < 1.29 is 33.9 Å². The zero-order valence-electron chi connectivity index (χ0n) is 18.9. The first-order chi connectivity index (χ1) is 15.3. The summed E-state index contributed by atoms with van der Waals surface area (Å²) in [7, 11) is 0. The highest BCUT2D eigenvalue weighted by molar-refractivity contribution is 5.95. The molecule has 186 valence electrons. The molecule has 0 spiro atoms. The van der Waals surface area contributed by atoms with Gasteiger partial charge in [0.2, 0.25) is 29.5 Å². The van der Waals surface area contributed by atoms with Crippen molar-refractivity contribution in [3.8, 4) is 0 Å². The molecule has 0 aromatic heterocycles. The van der Waals surface area contributed by atoms with Crippen molar-refractivity contribution in [3.05, 3.63) is 0 Å². The summed E-state index contributed by atoms with van der Waals surface area (Å²) >= 11 is 0. The van der Waals surface area contributed by atoms with E-state index in [9.17, 15) is 33.9 Å². The predicted molar refractivity (Wildman–Crippen MR) is 116 cm³/mol. The first-order valence-corrected chi connectivity index (χ1v) is 10.8. The molecule has 0 aliphatic carbocycles. The van der Waals surface area contributed by atoms with E-state index in [1.54, 1.807) is 0 Å². The number of likely N-dealkylation sites (tertiary alicyclic amines) is 1. The molecule has 0 aromatic carbocycles. The fourth-order valence-corrected chi connectivity index (χ4v) is 3.60. The van der Waals surface area contributed by atoms with Crippen LogP contribution >= 0.6 is 0 Å². The number of nitrogens with zero attached hydrogens (tertiary/aromatic N) is 1. The first kappa shape index (κ1) is 27.8. The summed E-state index contributed by atoms with van der Waals surface area (Å²) in [5, 5.41) is 14.2. The minimum atomic E-state index is -1.33. The monoisotopic (exact) mass is 470 g/mol. The van der Waals surface area contributed by atoms with Crippen LogP contribution in [0, 0.1) is 5.92 Å². The number of carboxylic acids is 1. The van der Waals surface area contributed by atoms with Gasteiger partial charge in [-0.2, -0.15) is 0 Å². The average Bonchev–Trinajstić information content (AvgIpc) is 3.18. The van der Waals surface area contributed by atoms with E-state index in [-0.39, 0.29) is 38.1 Å². The van der Waals surface area contributed by atoms with Gasteiger partial charge in [-0.1, -0.05) is 13.8 Å². The van der Waals surface area contributed by atoms with E-state index >= 15 is 0 Å². The summed E-state index contributed by atoms with van der Waals surface area (Å²) in [4.78, 5) is 73.1. The fourth-order valence-electron chi connectivity index (χ4n) is 3.60. The van der Waals surface area contributed by atoms with Crippen LogP contribution in [0.5, 0.6) is 0 Å². The summed E-state index contributed by atoms with van der Waals surface area (Å²) in [6, 6.07) is -4.47. The number of aliphatic carboxylic acids is 1. The van der Waals surface area contributed by atoms with Crippen LogP contribution in [0.3, 0.4) is 0 Å². The van der Waals surface area contributed by atoms with Crippen molar-refractivity contribution in [2.45, 2.75) is 76.5 Å². The maximum Gasteiger partial charge on any atom is 0.326 e. The molecule has 1 fully saturated rings. The summed E-state index contributed by atoms with van der Waals surface area (Å²) in [6.07, 6.45) is 0.287. The highest BCUT2D eigenvalue weighted by Crippen LogP contribution is 2.21. The lowest BCUT2D eigenvalue weighted by Crippen LogP contribution is -2.57. The molecule has 13 heteroatoms. The number of carboxylic acid groups (broad SMARTS) is 1. The Morgan fingerprint density at radius 2 is 1.67 bits per heavy atom. The standard InChI is InChI=1S/C20H34N6O7/c1-10(2)8-13(25-17(29)11(21)9-16(23)28)19(31)26-7-3-4-14(26)18(30)24-12(20(32)33)5-6-15(22)27/h10-14H,3-9,21H2,1-2H3,(H2,22,27)(H2,23,28)(H,24,30)(H,25,29)(H,32,33). The highest BCUT2D eigenvalue weighted by atomic mass is 16.4. The molecule has 0 radical (unpaired) electrons. The van der Waals surface area contributed by atoms with Crippen molar-refractivity contribution >= 4 is 35.5 Å². The third kappa shape index (κ3) is 9.04. The molecule has 5 amide bonds. The van der Waals surface area contributed by atoms with E-state index in [4.69, 9.17) is 17.2 Å². The molecule has 1 heterocycles. The van der Waals surface area contributed by atoms with E-state index in [1.807, 2.05) is 13.8 Å². The first-order valence-electron chi connectivity index (χ1n) is 10.8. The van der Waals surface area contributed by atoms with Gasteiger partial charge < -0.3 is 37.8 Å². The maximum absolute atomic E-state index is 13.2. The zero-order chi connectivity index (χ0) is 25.3. The molecule has 1 saturated heterocycles. The quantitative estimate of drug-likeness (QED) is 0.169. The van der Waals surface area contributed by atoms with Crippen LogP contribution in [-0.4, -0.2) is 76.2 Å². The SMILES string of the molecule is CC(C)CC(NC(=O)C(N)CC(N)=O)C(=O)N1CCCC1C(=O)NC(CCC(N)=O)C(=O)O. The van der Waals surface area contributed by atoms with Crippen molar-refractivity contribution in [1.82, 2.24) is 15.5 Å². The number of hydrogen-bond acceptors (Lipinski definition) is 7.